The van der Waals surface area contributed by atoms with Gasteiger partial charge in [-0.1, -0.05) is 75.0 Å². The van der Waals surface area contributed by atoms with Gasteiger partial charge in [0.2, 0.25) is 5.91 Å². The second-order valence-corrected chi connectivity index (χ2v) is 10.3. The van der Waals surface area contributed by atoms with E-state index in [-0.39, 0.29) is 22.8 Å². The number of rotatable bonds is 6. The summed E-state index contributed by atoms with van der Waals surface area (Å²) in [7, 11) is 0. The van der Waals surface area contributed by atoms with Crippen LogP contribution < -0.4 is 15.6 Å². The summed E-state index contributed by atoms with van der Waals surface area (Å²) in [6.45, 7) is 7.43. The van der Waals surface area contributed by atoms with Gasteiger partial charge in [0.25, 0.3) is 5.56 Å². The molecule has 1 aliphatic rings. The lowest BCUT2D eigenvalue weighted by molar-refractivity contribution is -0.125. The van der Waals surface area contributed by atoms with E-state index < -0.39 is 0 Å². The lowest BCUT2D eigenvalue weighted by atomic mass is 9.92. The second-order valence-electron chi connectivity index (χ2n) is 9.27. The maximum absolute atomic E-state index is 12.8. The fraction of sp³-hybridized carbons (Fsp3) is 0.346. The van der Waals surface area contributed by atoms with E-state index in [1.165, 1.54) is 11.8 Å². The third-order valence-electron chi connectivity index (χ3n) is 5.57. The summed E-state index contributed by atoms with van der Waals surface area (Å²) in [5.41, 5.74) is 2.61. The van der Waals surface area contributed by atoms with Crippen LogP contribution in [0, 0.1) is 5.92 Å². The van der Waals surface area contributed by atoms with E-state index in [2.05, 4.69) is 10.3 Å². The van der Waals surface area contributed by atoms with Crippen molar-refractivity contribution in [1.29, 1.82) is 0 Å². The standard InChI is InChI=1S/C26H29N3O3S/c1-26(2,3)22-13-23(30)29-15-20(17-33-25(29)28-22)24(31)27-14-18-9-11-21(12-10-18)32-16-19-7-5-4-6-8-19/h4-13,20H,14-17H2,1-3H3,(H,27,31). The van der Waals surface area contributed by atoms with Crippen molar-refractivity contribution >= 4 is 17.7 Å². The lowest BCUT2D eigenvalue weighted by Gasteiger charge is -2.26. The first-order valence-electron chi connectivity index (χ1n) is 11.1. The van der Waals surface area contributed by atoms with E-state index in [4.69, 9.17) is 4.74 Å². The summed E-state index contributed by atoms with van der Waals surface area (Å²) < 4.78 is 7.43. The van der Waals surface area contributed by atoms with Crippen LogP contribution in [0.5, 0.6) is 5.75 Å². The molecule has 0 radical (unpaired) electrons. The molecule has 1 aromatic heterocycles. The van der Waals surface area contributed by atoms with Gasteiger partial charge in [0.1, 0.15) is 12.4 Å². The van der Waals surface area contributed by atoms with Crippen LogP contribution in [0.2, 0.25) is 0 Å². The zero-order chi connectivity index (χ0) is 23.4. The van der Waals surface area contributed by atoms with Crippen LogP contribution >= 0.6 is 11.8 Å². The van der Waals surface area contributed by atoms with Crippen LogP contribution in [0.1, 0.15) is 37.6 Å². The largest absolute Gasteiger partial charge is 0.489 e. The minimum absolute atomic E-state index is 0.0515. The van der Waals surface area contributed by atoms with Crippen LogP contribution in [-0.2, 0) is 29.9 Å². The Hall–Kier alpha value is -3.06. The molecule has 1 aliphatic heterocycles. The minimum Gasteiger partial charge on any atom is -0.489 e. The average Bonchev–Trinajstić information content (AvgIpc) is 2.81. The van der Waals surface area contributed by atoms with E-state index in [0.29, 0.717) is 30.6 Å². The van der Waals surface area contributed by atoms with Crippen LogP contribution in [0.25, 0.3) is 0 Å². The van der Waals surface area contributed by atoms with E-state index in [1.54, 1.807) is 10.6 Å². The summed E-state index contributed by atoms with van der Waals surface area (Å²) >= 11 is 1.47. The van der Waals surface area contributed by atoms with E-state index in [9.17, 15) is 9.59 Å². The van der Waals surface area contributed by atoms with Crippen LogP contribution in [-0.4, -0.2) is 21.2 Å². The van der Waals surface area contributed by atoms with Crippen molar-refractivity contribution in [3.63, 3.8) is 0 Å². The van der Waals surface area contributed by atoms with Crippen molar-refractivity contribution in [2.75, 3.05) is 5.75 Å². The second kappa shape index (κ2) is 9.83. The van der Waals surface area contributed by atoms with Gasteiger partial charge in [-0.3, -0.25) is 14.2 Å². The average molecular weight is 464 g/mol. The molecule has 172 valence electrons. The van der Waals surface area contributed by atoms with Gasteiger partial charge in [-0.25, -0.2) is 4.98 Å². The number of amides is 1. The number of ether oxygens (including phenoxy) is 1. The van der Waals surface area contributed by atoms with Gasteiger partial charge in [0.05, 0.1) is 11.6 Å². The number of thioether (sulfide) groups is 1. The molecule has 4 rings (SSSR count). The molecular weight excluding hydrogens is 434 g/mol. The van der Waals surface area contributed by atoms with Gasteiger partial charge in [-0.05, 0) is 23.3 Å². The third-order valence-corrected chi connectivity index (χ3v) is 6.71. The maximum Gasteiger partial charge on any atom is 0.254 e. The summed E-state index contributed by atoms with van der Waals surface area (Å²) in [5, 5.41) is 3.70. The number of hydrogen-bond donors (Lipinski definition) is 1. The van der Waals surface area contributed by atoms with E-state index >= 15 is 0 Å². The predicted molar refractivity (Wildman–Crippen MR) is 130 cm³/mol. The molecule has 0 saturated heterocycles. The van der Waals surface area contributed by atoms with E-state index in [0.717, 1.165) is 22.6 Å². The molecule has 1 unspecified atom stereocenters. The Balaban J connectivity index is 1.31. The number of nitrogens with zero attached hydrogens (tertiary/aromatic N) is 2. The van der Waals surface area contributed by atoms with Crippen molar-refractivity contribution in [1.82, 2.24) is 14.9 Å². The molecule has 0 spiro atoms. The fourth-order valence-corrected chi connectivity index (χ4v) is 4.62. The highest BCUT2D eigenvalue weighted by molar-refractivity contribution is 7.99. The summed E-state index contributed by atoms with van der Waals surface area (Å²) in [5.74, 6) is 1.08. The quantitative estimate of drug-likeness (QED) is 0.556. The number of hydrogen-bond acceptors (Lipinski definition) is 5. The first-order valence-corrected chi connectivity index (χ1v) is 12.1. The zero-order valence-corrected chi connectivity index (χ0v) is 20.0. The Morgan fingerprint density at radius 1 is 1.12 bits per heavy atom. The third kappa shape index (κ3) is 5.85. The van der Waals surface area contributed by atoms with E-state index in [1.807, 2.05) is 75.4 Å². The van der Waals surface area contributed by atoms with Crippen LogP contribution in [0.3, 0.4) is 0 Å². The first kappa shape index (κ1) is 23.1. The maximum atomic E-state index is 12.8. The van der Waals surface area contributed by atoms with Crippen molar-refractivity contribution in [3.05, 3.63) is 87.8 Å². The van der Waals surface area contributed by atoms with Gasteiger partial charge in [0.15, 0.2) is 5.16 Å². The molecule has 7 heteroatoms. The van der Waals surface area contributed by atoms with Gasteiger partial charge < -0.3 is 10.1 Å². The number of benzene rings is 2. The monoisotopic (exact) mass is 463 g/mol. The SMILES string of the molecule is CC(C)(C)c1cc(=O)n2c(n1)SCC(C(=O)NCc1ccc(OCc3ccccc3)cc1)C2. The number of carbonyl (C=O) groups is 1. The number of aromatic nitrogens is 2. The Bertz CT molecular complexity index is 1170. The van der Waals surface area contributed by atoms with Crippen molar-refractivity contribution < 1.29 is 9.53 Å². The topological polar surface area (TPSA) is 73.2 Å². The Morgan fingerprint density at radius 3 is 2.55 bits per heavy atom. The van der Waals surface area contributed by atoms with Gasteiger partial charge in [0, 0.05) is 30.3 Å². The summed E-state index contributed by atoms with van der Waals surface area (Å²) in [6.07, 6.45) is 0. The molecule has 2 aromatic carbocycles. The molecule has 3 aromatic rings. The smallest absolute Gasteiger partial charge is 0.254 e. The first-order chi connectivity index (χ1) is 15.8. The minimum atomic E-state index is -0.268. The molecule has 33 heavy (non-hydrogen) atoms. The Kier molecular flexibility index (Phi) is 6.88. The molecule has 2 heterocycles. The highest BCUT2D eigenvalue weighted by atomic mass is 32.2. The summed E-state index contributed by atoms with van der Waals surface area (Å²) in [4.78, 5) is 30.0. The molecule has 0 fully saturated rings. The van der Waals surface area contributed by atoms with Gasteiger partial charge in [-0.15, -0.1) is 0 Å². The summed E-state index contributed by atoms with van der Waals surface area (Å²) in [6, 6.07) is 19.3. The molecule has 1 amide bonds. The zero-order valence-electron chi connectivity index (χ0n) is 19.2. The molecule has 0 bridgehead atoms. The molecule has 1 N–H and O–H groups in total. The highest BCUT2D eigenvalue weighted by Crippen LogP contribution is 2.28. The highest BCUT2D eigenvalue weighted by Gasteiger charge is 2.28. The van der Waals surface area contributed by atoms with Crippen LogP contribution in [0.4, 0.5) is 0 Å². The molecule has 6 nitrogen and oxygen atoms in total. The molecule has 1 atom stereocenters. The molecular formula is C26H29N3O3S. The molecule has 0 saturated carbocycles. The fourth-order valence-electron chi connectivity index (χ4n) is 3.53. The number of fused-ring (bicyclic) bond motifs is 1. The van der Waals surface area contributed by atoms with Crippen LogP contribution in [0.15, 0.2) is 70.6 Å². The van der Waals surface area contributed by atoms with Crippen molar-refractivity contribution in [3.8, 4) is 5.75 Å². The number of carbonyl (C=O) groups excluding carboxylic acids is 1. The normalized spacial score (nSPS) is 15.5. The van der Waals surface area contributed by atoms with Crippen molar-refractivity contribution in [2.45, 2.75) is 51.0 Å². The van der Waals surface area contributed by atoms with Crippen molar-refractivity contribution in [2.24, 2.45) is 5.92 Å². The number of nitrogens with one attached hydrogen (secondary N) is 1. The Morgan fingerprint density at radius 2 is 1.85 bits per heavy atom. The van der Waals surface area contributed by atoms with Gasteiger partial charge >= 0.3 is 0 Å². The van der Waals surface area contributed by atoms with Gasteiger partial charge in [-0.2, -0.15) is 0 Å². The lowest BCUT2D eigenvalue weighted by Crippen LogP contribution is -2.40. The Labute approximate surface area is 198 Å². The molecule has 0 aliphatic carbocycles. The predicted octanol–water partition coefficient (Wildman–Crippen LogP) is 4.16.